The molecule has 0 bridgehead atoms. The number of nitrogens with zero attached hydrogens (tertiary/aromatic N) is 15. The van der Waals surface area contributed by atoms with Crippen molar-refractivity contribution in [2.45, 2.75) is 223 Å². The zero-order valence-corrected chi connectivity index (χ0v) is 59.5. The summed E-state index contributed by atoms with van der Waals surface area (Å²) < 4.78 is 375. The Morgan fingerprint density at radius 1 is 0.472 bits per heavy atom. The summed E-state index contributed by atoms with van der Waals surface area (Å²) in [5.74, 6) is -5.65. The number of anilines is 3. The molecule has 6 aliphatic carbocycles. The SMILES string of the molecule is [2H]C([2H])(CC)Sc1nc(N[C@H]2[C@H](c3ccc(C)c(F)c3)C2([2H])[2H])c2nnn([C@]3([2H])C([2H])([2H])[C@]([2H])(OC([2H])([2H])C([2H])([2H])O)[C@@]([2H])(O)[C@@]3([2H])O)c2n1.[2H]C([2H])(CO)O[C@@]1([2H])C([2H])([2H])[C@@]([2H])(n2nnc3c(N[C@H]4[C@H](c5ccc(C)c(F)c5)C4([2H])[2H])nc(SC([2H])([2H])CC)nc32)[C@]([2H])(O)[C@]1([2H])O.[2H]C1([2H])[C@@H](Nc2nc(SC([2H])([2H])C([2H])([2H])C)nc3c2nnn3[C@]2([2H])C([2H])([2H])[C@]([2H])(OCCO)[C@@]([2H])(O)[C@@]2([2H])O)[C@@H]1c1ccc(C)c(F)c1. The average molecular weight is 1590 g/mol. The summed E-state index contributed by atoms with van der Waals surface area (Å²) in [5.41, 5.74) is -8.56. The Bertz CT molecular complexity index is 6590. The molecule has 582 valence electrons. The van der Waals surface area contributed by atoms with Gasteiger partial charge in [-0.3, -0.25) is 0 Å². The van der Waals surface area contributed by atoms with Gasteiger partial charge in [-0.2, -0.15) is 0 Å². The number of thioether (sulfide) groups is 3. The van der Waals surface area contributed by atoms with Gasteiger partial charge in [0.15, 0.2) is 66.4 Å². The molecule has 15 rings (SSSR count). The van der Waals surface area contributed by atoms with Gasteiger partial charge in [0.05, 0.1) is 100 Å². The van der Waals surface area contributed by atoms with E-state index in [1.807, 2.05) is 0 Å². The van der Waals surface area contributed by atoms with Crippen LogP contribution in [0.25, 0.3) is 33.5 Å². The minimum atomic E-state index is -4.35. The summed E-state index contributed by atoms with van der Waals surface area (Å²) in [4.78, 5) is 24.9. The van der Waals surface area contributed by atoms with Crippen LogP contribution in [0.2, 0.25) is 0 Å². The number of hydrogen-bond donors (Lipinski definition) is 12. The van der Waals surface area contributed by atoms with E-state index in [1.165, 1.54) is 77.1 Å². The Balaban J connectivity index is 0.000000183. The minimum Gasteiger partial charge on any atom is -0.394 e. The van der Waals surface area contributed by atoms with Crippen molar-refractivity contribution in [3.05, 3.63) is 105 Å². The van der Waals surface area contributed by atoms with Crippen LogP contribution in [0.4, 0.5) is 30.6 Å². The van der Waals surface area contributed by atoms with E-state index in [2.05, 4.69) is 81.5 Å². The molecule has 12 N–H and O–H groups in total. The molecular weight excluding hydrogens is 1460 g/mol. The fourth-order valence-corrected chi connectivity index (χ4v) is 12.1. The number of aromatic nitrogens is 15. The average Bonchev–Trinajstić information content (AvgIpc) is 1.49. The van der Waals surface area contributed by atoms with Gasteiger partial charge in [-0.25, -0.2) is 57.1 Å². The summed E-state index contributed by atoms with van der Waals surface area (Å²) in [6, 6.07) is -2.28. The second kappa shape index (κ2) is 35.1. The lowest BCUT2D eigenvalue weighted by Gasteiger charge is -2.17. The number of aliphatic hydroxyl groups excluding tert-OH is 2. The molecule has 0 spiro atoms. The molecule has 18 atom stereocenters. The third-order valence-electron chi connectivity index (χ3n) is 16.1. The van der Waals surface area contributed by atoms with Crippen molar-refractivity contribution in [1.29, 1.82) is 0 Å². The molecule has 6 aromatic heterocycles. The van der Waals surface area contributed by atoms with E-state index in [0.29, 0.717) is 45.8 Å². The number of rotatable bonds is 30. The Morgan fingerprint density at radius 3 is 1.13 bits per heavy atom. The van der Waals surface area contributed by atoms with Crippen molar-refractivity contribution in [2.24, 2.45) is 0 Å². The quantitative estimate of drug-likeness (QED) is 0.0168. The summed E-state index contributed by atoms with van der Waals surface area (Å²) in [6.45, 7) is -6.07. The predicted molar refractivity (Wildman–Crippen MR) is 398 cm³/mol. The molecule has 3 aromatic carbocycles. The summed E-state index contributed by atoms with van der Waals surface area (Å²) in [6.07, 6.45) is -57.2. The number of aliphatic hydroxyl groups is 9. The van der Waals surface area contributed by atoms with Gasteiger partial charge in [-0.15, -0.1) is 15.3 Å². The molecule has 0 unspecified atom stereocenters. The van der Waals surface area contributed by atoms with Crippen molar-refractivity contribution in [3.63, 3.8) is 0 Å². The standard InChI is InChI=1S/3C24H31FN6O4S/c3*1-3-8-36-24-27-22(26-16-10-14(16)13-5-4-12(2)15(25)9-13)19-23(28-24)31(30-29-19)17-11-18(35-7-6-32)21(34)20(17)33/h3*4-5,9,14,16-18,20-21,32-34H,3,6-8,10-11H2,1-2H3,(H,26,27,28)/t3*14-,16+,17+,18-,20-,21+/m000/s1/i6D2,7D2,8D2,10D2,11D2,17D,18D,20D,21D;7D2,8D2,10D2,11D2,17D,18D,20D,21D;3D2,8D2,10D2,11D2,17D,18D,20D,21D. The third-order valence-corrected chi connectivity index (χ3v) is 18.4. The number of fused-ring (bicyclic) bond motifs is 3. The van der Waals surface area contributed by atoms with E-state index < -0.39 is 282 Å². The number of halogens is 3. The van der Waals surface area contributed by atoms with Crippen LogP contribution in [-0.4, -0.2) is 250 Å². The molecule has 108 heavy (non-hydrogen) atoms. The molecule has 6 saturated carbocycles. The van der Waals surface area contributed by atoms with Gasteiger partial charge in [-0.1, -0.05) is 108 Å². The van der Waals surface area contributed by atoms with Crippen LogP contribution >= 0.6 is 35.3 Å². The van der Waals surface area contributed by atoms with Gasteiger partial charge in [0.2, 0.25) is 0 Å². The smallest absolute Gasteiger partial charge is 0.191 e. The zero-order chi connectivity index (χ0) is 111. The molecule has 0 radical (unpaired) electrons. The van der Waals surface area contributed by atoms with E-state index >= 15 is 0 Å². The molecule has 36 heteroatoms. The second-order valence-electron chi connectivity index (χ2n) is 23.4. The van der Waals surface area contributed by atoms with Gasteiger partial charge in [0, 0.05) is 99.5 Å². The predicted octanol–water partition coefficient (Wildman–Crippen LogP) is 6.55. The van der Waals surface area contributed by atoms with Crippen LogP contribution < -0.4 is 16.0 Å². The van der Waals surface area contributed by atoms with Gasteiger partial charge in [-0.05, 0) is 111 Å². The Labute approximate surface area is 686 Å². The third kappa shape index (κ3) is 17.5. The maximum atomic E-state index is 14.4. The van der Waals surface area contributed by atoms with E-state index in [1.54, 1.807) is 6.07 Å². The normalized spacial score (nSPS) is 44.7. The lowest BCUT2D eigenvalue weighted by Crippen LogP contribution is -2.33. The van der Waals surface area contributed by atoms with Gasteiger partial charge in [0.1, 0.15) is 53.9 Å². The first kappa shape index (κ1) is 44.2. The van der Waals surface area contributed by atoms with Crippen LogP contribution in [0.3, 0.4) is 0 Å². The van der Waals surface area contributed by atoms with E-state index in [4.69, 9.17) is 61.6 Å². The van der Waals surface area contributed by atoms with Crippen LogP contribution in [0.15, 0.2) is 70.1 Å². The number of aryl methyl sites for hydroxylation is 3. The molecule has 0 saturated heterocycles. The van der Waals surface area contributed by atoms with Crippen LogP contribution in [0.5, 0.6) is 0 Å². The highest BCUT2D eigenvalue weighted by molar-refractivity contribution is 7.99. The highest BCUT2D eigenvalue weighted by Crippen LogP contribution is 2.48. The molecular formula is C72H93F3N18O12S3. The van der Waals surface area contributed by atoms with Gasteiger partial charge >= 0.3 is 0 Å². The molecule has 0 amide bonds. The maximum Gasteiger partial charge on any atom is 0.191 e. The highest BCUT2D eigenvalue weighted by atomic mass is 32.2. The Hall–Kier alpha value is -7.14. The van der Waals surface area contributed by atoms with Crippen LogP contribution in [0, 0.1) is 38.2 Å². The first-order chi connectivity index (χ1) is 66.0. The Morgan fingerprint density at radius 2 is 0.815 bits per heavy atom. The number of hydrogen-bond acceptors (Lipinski definition) is 30. The zero-order valence-electron chi connectivity index (χ0n) is 95.0. The summed E-state index contributed by atoms with van der Waals surface area (Å²) in [7, 11) is 0. The van der Waals surface area contributed by atoms with Crippen molar-refractivity contribution >= 4 is 86.2 Å². The lowest BCUT2D eigenvalue weighted by atomic mass is 10.1. The maximum absolute atomic E-state index is 14.4. The molecule has 6 fully saturated rings. The molecule has 9 aromatic rings. The monoisotopic (exact) mass is 1590 g/mol. The fourth-order valence-electron chi connectivity index (χ4n) is 10.5. The molecule has 6 heterocycles. The molecule has 0 aliphatic heterocycles. The van der Waals surface area contributed by atoms with E-state index in [0.717, 1.165) is 13.0 Å². The molecule has 30 nitrogen and oxygen atoms in total. The van der Waals surface area contributed by atoms with Crippen molar-refractivity contribution in [1.82, 2.24) is 74.9 Å². The van der Waals surface area contributed by atoms with Crippen molar-refractivity contribution in [3.8, 4) is 0 Å². The first-order valence-electron chi connectivity index (χ1n) is 51.3. The van der Waals surface area contributed by atoms with Gasteiger partial charge in [0.25, 0.3) is 0 Å². The number of ether oxygens (including phenoxy) is 3. The van der Waals surface area contributed by atoms with Gasteiger partial charge < -0.3 is 76.1 Å². The van der Waals surface area contributed by atoms with Crippen molar-refractivity contribution < 1.29 is 125 Å². The van der Waals surface area contributed by atoms with E-state index in [9.17, 15) is 59.1 Å². The number of benzene rings is 3. The Kier molecular flexibility index (Phi) is 14.3. The summed E-state index contributed by atoms with van der Waals surface area (Å²) >= 11 is 1.01. The van der Waals surface area contributed by atoms with Crippen molar-refractivity contribution in [2.75, 3.05) is 72.6 Å². The van der Waals surface area contributed by atoms with Crippen LogP contribution in [-0.2, 0) is 14.2 Å². The fraction of sp³-hybridized carbons (Fsp3) is 0.583. The minimum absolute atomic E-state index is 0.0600. The largest absolute Gasteiger partial charge is 0.394 e. The highest BCUT2D eigenvalue weighted by Gasteiger charge is 2.49. The second-order valence-corrected chi connectivity index (χ2v) is 25.8. The molecule has 6 aliphatic rings. The topological polar surface area (TPSA) is 415 Å². The first-order valence-corrected chi connectivity index (χ1v) is 34.8. The lowest BCUT2D eigenvalue weighted by molar-refractivity contribution is -0.0629. The number of nitrogens with one attached hydrogen (secondary N) is 3. The van der Waals surface area contributed by atoms with E-state index in [-0.39, 0.29) is 61.4 Å². The van der Waals surface area contributed by atoms with Crippen LogP contribution in [0.1, 0.15) is 200 Å². The summed E-state index contributed by atoms with van der Waals surface area (Å²) in [5, 5.41) is 124.